The summed E-state index contributed by atoms with van der Waals surface area (Å²) in [4.78, 5) is 25.1. The van der Waals surface area contributed by atoms with E-state index in [2.05, 4.69) is 50.4 Å². The Morgan fingerprint density at radius 3 is 2.29 bits per heavy atom. The van der Waals surface area contributed by atoms with Crippen LogP contribution in [0.5, 0.6) is 5.75 Å². The molecule has 1 aliphatic rings. The van der Waals surface area contributed by atoms with Gasteiger partial charge in [-0.15, -0.1) is 11.8 Å². The SMILES string of the molecule is CC1OCC(=O)C1NC(=O)C(Cc1ccc(O)cc1)SCc1ccc(C(C)(C)C)cc1. The minimum Gasteiger partial charge on any atom is -0.508 e. The minimum atomic E-state index is -0.596. The average Bonchev–Trinajstić information content (AvgIpc) is 3.04. The highest BCUT2D eigenvalue weighted by Crippen LogP contribution is 2.26. The molecule has 2 aromatic rings. The quantitative estimate of drug-likeness (QED) is 0.679. The summed E-state index contributed by atoms with van der Waals surface area (Å²) in [6.45, 7) is 8.40. The first kappa shape index (κ1) is 23.4. The summed E-state index contributed by atoms with van der Waals surface area (Å²) in [7, 11) is 0. The van der Waals surface area contributed by atoms with Crippen molar-refractivity contribution in [2.24, 2.45) is 0 Å². The van der Waals surface area contributed by atoms with Crippen molar-refractivity contribution in [2.45, 2.75) is 62.7 Å². The number of Topliss-reactive ketones (excluding diaryl/α,β-unsaturated/α-hetero) is 1. The third-order valence-electron chi connectivity index (χ3n) is 5.52. The monoisotopic (exact) mass is 441 g/mol. The molecular formula is C25H31NO4S. The second-order valence-corrected chi connectivity index (χ2v) is 10.3. The maximum Gasteiger partial charge on any atom is 0.234 e. The van der Waals surface area contributed by atoms with E-state index in [9.17, 15) is 14.7 Å². The van der Waals surface area contributed by atoms with Crippen LogP contribution in [0.15, 0.2) is 48.5 Å². The van der Waals surface area contributed by atoms with Gasteiger partial charge in [0.25, 0.3) is 0 Å². The molecule has 1 fully saturated rings. The molecule has 2 N–H and O–H groups in total. The lowest BCUT2D eigenvalue weighted by Crippen LogP contribution is -2.47. The molecule has 31 heavy (non-hydrogen) atoms. The Labute approximate surface area is 188 Å². The van der Waals surface area contributed by atoms with Crippen LogP contribution in [0.2, 0.25) is 0 Å². The Kier molecular flexibility index (Phi) is 7.44. The van der Waals surface area contributed by atoms with Crippen LogP contribution in [-0.2, 0) is 31.9 Å². The number of carbonyl (C=O) groups is 2. The van der Waals surface area contributed by atoms with Crippen molar-refractivity contribution in [1.29, 1.82) is 0 Å². The largest absolute Gasteiger partial charge is 0.508 e. The molecular weight excluding hydrogens is 410 g/mol. The first-order valence-corrected chi connectivity index (χ1v) is 11.6. The van der Waals surface area contributed by atoms with Gasteiger partial charge in [0, 0.05) is 5.75 Å². The predicted molar refractivity (Wildman–Crippen MR) is 124 cm³/mol. The summed E-state index contributed by atoms with van der Waals surface area (Å²) in [6, 6.07) is 14.8. The average molecular weight is 442 g/mol. The van der Waals surface area contributed by atoms with Crippen LogP contribution in [0.4, 0.5) is 0 Å². The van der Waals surface area contributed by atoms with Crippen molar-refractivity contribution < 1.29 is 19.4 Å². The molecule has 5 nitrogen and oxygen atoms in total. The summed E-state index contributed by atoms with van der Waals surface area (Å²) in [6.07, 6.45) is 0.188. The third-order valence-corrected chi connectivity index (χ3v) is 6.81. The van der Waals surface area contributed by atoms with Gasteiger partial charge in [0.05, 0.1) is 11.4 Å². The molecule has 3 atom stereocenters. The van der Waals surface area contributed by atoms with Crippen molar-refractivity contribution in [3.8, 4) is 5.75 Å². The van der Waals surface area contributed by atoms with Crippen LogP contribution in [0.25, 0.3) is 0 Å². The van der Waals surface area contributed by atoms with Crippen LogP contribution in [-0.4, -0.2) is 40.8 Å². The molecule has 0 radical (unpaired) electrons. The van der Waals surface area contributed by atoms with Crippen molar-refractivity contribution in [2.75, 3.05) is 6.61 Å². The zero-order chi connectivity index (χ0) is 22.6. The number of ether oxygens (including phenoxy) is 1. The number of aromatic hydroxyl groups is 1. The molecule has 2 aromatic carbocycles. The highest BCUT2D eigenvalue weighted by atomic mass is 32.2. The molecule has 0 aromatic heterocycles. The van der Waals surface area contributed by atoms with E-state index in [1.165, 1.54) is 5.56 Å². The predicted octanol–water partition coefficient (Wildman–Crippen LogP) is 4.01. The summed E-state index contributed by atoms with van der Waals surface area (Å²) in [5.74, 6) is 0.622. The minimum absolute atomic E-state index is 0.0437. The second kappa shape index (κ2) is 9.88. The Morgan fingerprint density at radius 1 is 1.13 bits per heavy atom. The zero-order valence-electron chi connectivity index (χ0n) is 18.6. The molecule has 1 heterocycles. The lowest BCUT2D eigenvalue weighted by Gasteiger charge is -2.21. The topological polar surface area (TPSA) is 75.6 Å². The molecule has 0 bridgehead atoms. The molecule has 166 valence electrons. The first-order chi connectivity index (χ1) is 14.6. The number of benzene rings is 2. The smallest absolute Gasteiger partial charge is 0.234 e. The van der Waals surface area contributed by atoms with Gasteiger partial charge in [-0.2, -0.15) is 0 Å². The van der Waals surface area contributed by atoms with Gasteiger partial charge < -0.3 is 15.2 Å². The van der Waals surface area contributed by atoms with Crippen molar-refractivity contribution in [3.63, 3.8) is 0 Å². The number of thioether (sulfide) groups is 1. The number of carbonyl (C=O) groups excluding carboxylic acids is 2. The lowest BCUT2D eigenvalue weighted by molar-refractivity contribution is -0.126. The Morgan fingerprint density at radius 2 is 1.74 bits per heavy atom. The molecule has 3 rings (SSSR count). The van der Waals surface area contributed by atoms with Crippen LogP contribution in [0.3, 0.4) is 0 Å². The van der Waals surface area contributed by atoms with Gasteiger partial charge in [-0.3, -0.25) is 9.59 Å². The van der Waals surface area contributed by atoms with Crippen molar-refractivity contribution in [1.82, 2.24) is 5.32 Å². The maximum absolute atomic E-state index is 13.1. The fourth-order valence-corrected chi connectivity index (χ4v) is 4.59. The lowest BCUT2D eigenvalue weighted by atomic mass is 9.87. The fourth-order valence-electron chi connectivity index (χ4n) is 3.48. The Balaban J connectivity index is 1.71. The molecule has 1 saturated heterocycles. The molecule has 6 heteroatoms. The normalized spacial score (nSPS) is 19.9. The number of nitrogens with one attached hydrogen (secondary N) is 1. The highest BCUT2D eigenvalue weighted by molar-refractivity contribution is 7.99. The van der Waals surface area contributed by atoms with E-state index < -0.39 is 6.04 Å². The summed E-state index contributed by atoms with van der Waals surface area (Å²) in [5.41, 5.74) is 3.47. The molecule has 0 aliphatic carbocycles. The number of rotatable bonds is 7. The summed E-state index contributed by atoms with van der Waals surface area (Å²) in [5, 5.41) is 12.1. The molecule has 1 aliphatic heterocycles. The van der Waals surface area contributed by atoms with Crippen LogP contribution < -0.4 is 5.32 Å². The van der Waals surface area contributed by atoms with E-state index in [4.69, 9.17) is 4.74 Å². The van der Waals surface area contributed by atoms with Gasteiger partial charge in [-0.25, -0.2) is 0 Å². The van der Waals surface area contributed by atoms with Crippen LogP contribution in [0, 0.1) is 0 Å². The van der Waals surface area contributed by atoms with E-state index in [0.717, 1.165) is 11.1 Å². The third kappa shape index (κ3) is 6.34. The van der Waals surface area contributed by atoms with Gasteiger partial charge in [0.1, 0.15) is 18.4 Å². The number of phenols is 1. The molecule has 1 amide bonds. The second-order valence-electron chi connectivity index (χ2n) is 9.09. The van der Waals surface area contributed by atoms with E-state index in [-0.39, 0.29) is 40.8 Å². The van der Waals surface area contributed by atoms with E-state index >= 15 is 0 Å². The van der Waals surface area contributed by atoms with Crippen LogP contribution in [0.1, 0.15) is 44.4 Å². The van der Waals surface area contributed by atoms with Crippen molar-refractivity contribution in [3.05, 3.63) is 65.2 Å². The van der Waals surface area contributed by atoms with E-state index in [0.29, 0.717) is 12.2 Å². The van der Waals surface area contributed by atoms with Gasteiger partial charge in [0.2, 0.25) is 5.91 Å². The van der Waals surface area contributed by atoms with E-state index in [1.54, 1.807) is 30.8 Å². The van der Waals surface area contributed by atoms with E-state index in [1.807, 2.05) is 12.1 Å². The summed E-state index contributed by atoms with van der Waals surface area (Å²) < 4.78 is 5.36. The van der Waals surface area contributed by atoms with Gasteiger partial charge in [-0.1, -0.05) is 57.2 Å². The highest BCUT2D eigenvalue weighted by Gasteiger charge is 2.35. The number of phenolic OH excluding ortho intramolecular Hbond substituents is 1. The van der Waals surface area contributed by atoms with Crippen LogP contribution >= 0.6 is 11.8 Å². The number of ketones is 1. The number of hydrogen-bond acceptors (Lipinski definition) is 5. The first-order valence-electron chi connectivity index (χ1n) is 10.6. The van der Waals surface area contributed by atoms with Gasteiger partial charge in [-0.05, 0) is 47.6 Å². The molecule has 0 saturated carbocycles. The number of hydrogen-bond donors (Lipinski definition) is 2. The van der Waals surface area contributed by atoms with Crippen molar-refractivity contribution >= 4 is 23.5 Å². The maximum atomic E-state index is 13.1. The Hall–Kier alpha value is -2.31. The molecule has 3 unspecified atom stereocenters. The fraction of sp³-hybridized carbons (Fsp3) is 0.440. The zero-order valence-corrected chi connectivity index (χ0v) is 19.4. The van der Waals surface area contributed by atoms with Gasteiger partial charge >= 0.3 is 0 Å². The molecule has 0 spiro atoms. The Bertz CT molecular complexity index is 903. The number of amides is 1. The summed E-state index contributed by atoms with van der Waals surface area (Å²) >= 11 is 1.55. The standard InChI is InChI=1S/C25H31NO4S/c1-16-23(21(28)14-30-16)26-24(29)22(13-17-7-11-20(27)12-8-17)31-15-18-5-9-19(10-6-18)25(2,3)4/h5-12,16,22-23,27H,13-15H2,1-4H3,(H,26,29). The van der Waals surface area contributed by atoms with Gasteiger partial charge in [0.15, 0.2) is 5.78 Å².